The van der Waals surface area contributed by atoms with E-state index in [1.54, 1.807) is 36.4 Å². The first-order valence-electron chi connectivity index (χ1n) is 10.6. The van der Waals surface area contributed by atoms with Gasteiger partial charge in [0.2, 0.25) is 6.79 Å². The van der Waals surface area contributed by atoms with Crippen LogP contribution in [0.2, 0.25) is 0 Å². The Balaban J connectivity index is 1.27. The Kier molecular flexibility index (Phi) is 6.04. The number of rotatable bonds is 7. The average molecular weight is 474 g/mol. The molecule has 1 aromatic heterocycles. The standard InChI is InChI=1S/C26H19FN2O6/c27-20-8-7-18(28-25(30)16-6-9-22-23(12-16)35-15-34-22)13-21(20)29-26(31)24-17(10-11-32-24)14-33-19-4-2-1-3-5-19/h1-13H,14-15H2,(H,28,30)(H,29,31). The predicted molar refractivity (Wildman–Crippen MR) is 124 cm³/mol. The van der Waals surface area contributed by atoms with E-state index in [0.29, 0.717) is 28.4 Å². The van der Waals surface area contributed by atoms with Crippen molar-refractivity contribution in [1.82, 2.24) is 0 Å². The maximum atomic E-state index is 14.4. The zero-order valence-corrected chi connectivity index (χ0v) is 18.2. The van der Waals surface area contributed by atoms with Gasteiger partial charge >= 0.3 is 0 Å². The van der Waals surface area contributed by atoms with E-state index in [1.165, 1.54) is 18.4 Å². The van der Waals surface area contributed by atoms with E-state index in [4.69, 9.17) is 18.6 Å². The minimum Gasteiger partial charge on any atom is -0.489 e. The number of nitrogens with one attached hydrogen (secondary N) is 2. The number of fused-ring (bicyclic) bond motifs is 1. The van der Waals surface area contributed by atoms with Crippen molar-refractivity contribution < 1.29 is 32.6 Å². The summed E-state index contributed by atoms with van der Waals surface area (Å²) in [7, 11) is 0. The van der Waals surface area contributed by atoms with Crippen molar-refractivity contribution in [3.63, 3.8) is 0 Å². The summed E-state index contributed by atoms with van der Waals surface area (Å²) >= 11 is 0. The number of anilines is 2. The molecule has 2 heterocycles. The fourth-order valence-corrected chi connectivity index (χ4v) is 3.45. The molecule has 1 aliphatic heterocycles. The van der Waals surface area contributed by atoms with Crippen LogP contribution in [0.15, 0.2) is 83.5 Å². The van der Waals surface area contributed by atoms with Crippen LogP contribution < -0.4 is 24.8 Å². The van der Waals surface area contributed by atoms with Crippen molar-refractivity contribution in [3.8, 4) is 17.2 Å². The van der Waals surface area contributed by atoms with Crippen molar-refractivity contribution in [2.75, 3.05) is 17.4 Å². The molecule has 176 valence electrons. The lowest BCUT2D eigenvalue weighted by Crippen LogP contribution is -2.16. The number of carbonyl (C=O) groups is 2. The normalized spacial score (nSPS) is 11.7. The Bertz CT molecular complexity index is 1390. The van der Waals surface area contributed by atoms with Crippen molar-refractivity contribution >= 4 is 23.2 Å². The van der Waals surface area contributed by atoms with Gasteiger partial charge in [0.05, 0.1) is 12.0 Å². The van der Waals surface area contributed by atoms with Gasteiger partial charge in [-0.05, 0) is 54.6 Å². The number of hydrogen-bond acceptors (Lipinski definition) is 6. The molecule has 5 rings (SSSR count). The molecule has 9 heteroatoms. The number of halogens is 1. The summed E-state index contributed by atoms with van der Waals surface area (Å²) in [5.74, 6) is -0.103. The Labute approximate surface area is 199 Å². The summed E-state index contributed by atoms with van der Waals surface area (Å²) in [6.07, 6.45) is 1.36. The smallest absolute Gasteiger partial charge is 0.291 e. The van der Waals surface area contributed by atoms with Crippen LogP contribution in [0.5, 0.6) is 17.2 Å². The summed E-state index contributed by atoms with van der Waals surface area (Å²) < 4.78 is 35.9. The molecule has 0 unspecified atom stereocenters. The molecule has 0 saturated heterocycles. The summed E-state index contributed by atoms with van der Waals surface area (Å²) in [6, 6.07) is 19.4. The van der Waals surface area contributed by atoms with Gasteiger partial charge in [-0.1, -0.05) is 18.2 Å². The molecule has 8 nitrogen and oxygen atoms in total. The lowest BCUT2D eigenvalue weighted by molar-refractivity contribution is 0.0991. The highest BCUT2D eigenvalue weighted by molar-refractivity contribution is 6.06. The topological polar surface area (TPSA) is 99.0 Å². The number of ether oxygens (including phenoxy) is 3. The van der Waals surface area contributed by atoms with Crippen LogP contribution in [0, 0.1) is 5.82 Å². The first-order chi connectivity index (χ1) is 17.1. The second-order valence-corrected chi connectivity index (χ2v) is 7.55. The molecule has 0 aliphatic carbocycles. The molecule has 0 fully saturated rings. The van der Waals surface area contributed by atoms with E-state index in [1.807, 2.05) is 18.2 Å². The molecule has 2 N–H and O–H groups in total. The molecule has 0 radical (unpaired) electrons. The highest BCUT2D eigenvalue weighted by Crippen LogP contribution is 2.33. The van der Waals surface area contributed by atoms with Crippen LogP contribution in [-0.2, 0) is 6.61 Å². The Hall–Kier alpha value is -4.79. The van der Waals surface area contributed by atoms with Crippen molar-refractivity contribution in [1.29, 1.82) is 0 Å². The zero-order chi connectivity index (χ0) is 24.2. The fraction of sp³-hybridized carbons (Fsp3) is 0.0769. The highest BCUT2D eigenvalue weighted by atomic mass is 19.1. The van der Waals surface area contributed by atoms with Crippen LogP contribution in [-0.4, -0.2) is 18.6 Å². The molecule has 1 aliphatic rings. The SMILES string of the molecule is O=C(Nc1ccc(F)c(NC(=O)c2occc2COc2ccccc2)c1)c1ccc2c(c1)OCO2. The van der Waals surface area contributed by atoms with Gasteiger partial charge in [-0.25, -0.2) is 4.39 Å². The van der Waals surface area contributed by atoms with Crippen molar-refractivity contribution in [2.45, 2.75) is 6.61 Å². The first-order valence-corrected chi connectivity index (χ1v) is 10.6. The van der Waals surface area contributed by atoms with Gasteiger partial charge < -0.3 is 29.3 Å². The molecule has 0 bridgehead atoms. The number of carbonyl (C=O) groups excluding carboxylic acids is 2. The first kappa shape index (κ1) is 22.0. The Morgan fingerprint density at radius 2 is 1.71 bits per heavy atom. The van der Waals surface area contributed by atoms with Crippen LogP contribution in [0.4, 0.5) is 15.8 Å². The molecular formula is C26H19FN2O6. The second-order valence-electron chi connectivity index (χ2n) is 7.55. The van der Waals surface area contributed by atoms with E-state index >= 15 is 0 Å². The van der Waals surface area contributed by atoms with Crippen molar-refractivity contribution in [3.05, 3.63) is 102 Å². The van der Waals surface area contributed by atoms with Gasteiger partial charge in [-0.3, -0.25) is 9.59 Å². The molecule has 0 spiro atoms. The summed E-state index contributed by atoms with van der Waals surface area (Å²) in [6.45, 7) is 0.189. The minimum atomic E-state index is -0.673. The van der Waals surface area contributed by atoms with Gasteiger partial charge in [0.1, 0.15) is 18.2 Å². The number of hydrogen-bond donors (Lipinski definition) is 2. The molecule has 4 aromatic rings. The van der Waals surface area contributed by atoms with E-state index in [-0.39, 0.29) is 30.5 Å². The third kappa shape index (κ3) is 4.93. The highest BCUT2D eigenvalue weighted by Gasteiger charge is 2.19. The summed E-state index contributed by atoms with van der Waals surface area (Å²) in [4.78, 5) is 25.4. The molecule has 0 atom stereocenters. The zero-order valence-electron chi connectivity index (χ0n) is 18.2. The Morgan fingerprint density at radius 1 is 0.886 bits per heavy atom. The fourth-order valence-electron chi connectivity index (χ4n) is 3.45. The van der Waals surface area contributed by atoms with E-state index in [0.717, 1.165) is 6.07 Å². The van der Waals surface area contributed by atoms with E-state index < -0.39 is 17.6 Å². The number of benzene rings is 3. The monoisotopic (exact) mass is 474 g/mol. The minimum absolute atomic E-state index is 0.00451. The van der Waals surface area contributed by atoms with E-state index in [9.17, 15) is 14.0 Å². The maximum absolute atomic E-state index is 14.4. The van der Waals surface area contributed by atoms with Gasteiger partial charge in [-0.2, -0.15) is 0 Å². The summed E-state index contributed by atoms with van der Waals surface area (Å²) in [5.41, 5.74) is 1.00. The third-order valence-electron chi connectivity index (χ3n) is 5.20. The molecule has 35 heavy (non-hydrogen) atoms. The second kappa shape index (κ2) is 9.60. The van der Waals surface area contributed by atoms with Crippen LogP contribution in [0.25, 0.3) is 0 Å². The molecule has 0 saturated carbocycles. The quantitative estimate of drug-likeness (QED) is 0.381. The molecule has 3 aromatic carbocycles. The van der Waals surface area contributed by atoms with Gasteiger partial charge in [-0.15, -0.1) is 0 Å². The van der Waals surface area contributed by atoms with E-state index in [2.05, 4.69) is 10.6 Å². The Morgan fingerprint density at radius 3 is 2.57 bits per heavy atom. The van der Waals surface area contributed by atoms with Crippen molar-refractivity contribution in [2.24, 2.45) is 0 Å². The lowest BCUT2D eigenvalue weighted by Gasteiger charge is -2.11. The largest absolute Gasteiger partial charge is 0.489 e. The van der Waals surface area contributed by atoms with Gasteiger partial charge in [0.25, 0.3) is 11.8 Å². The maximum Gasteiger partial charge on any atom is 0.291 e. The van der Waals surface area contributed by atoms with Crippen LogP contribution in [0.1, 0.15) is 26.5 Å². The lowest BCUT2D eigenvalue weighted by atomic mass is 10.1. The summed E-state index contributed by atoms with van der Waals surface area (Å²) in [5, 5.41) is 5.17. The van der Waals surface area contributed by atoms with Gasteiger partial charge in [0, 0.05) is 16.8 Å². The predicted octanol–water partition coefficient (Wildman–Crippen LogP) is 5.23. The third-order valence-corrected chi connectivity index (χ3v) is 5.20. The average Bonchev–Trinajstić information content (AvgIpc) is 3.54. The van der Waals surface area contributed by atoms with Crippen LogP contribution in [0.3, 0.4) is 0 Å². The number of furan rings is 1. The molecule has 2 amide bonds. The van der Waals surface area contributed by atoms with Gasteiger partial charge in [0.15, 0.2) is 17.3 Å². The number of amides is 2. The number of para-hydroxylation sites is 1. The van der Waals surface area contributed by atoms with Crippen LogP contribution >= 0.6 is 0 Å². The molecular weight excluding hydrogens is 455 g/mol.